The fourth-order valence-corrected chi connectivity index (χ4v) is 2.05. The van der Waals surface area contributed by atoms with E-state index in [0.29, 0.717) is 12.0 Å². The smallest absolute Gasteiger partial charge is 0.410 e. The fourth-order valence-electron chi connectivity index (χ4n) is 2.05. The molecule has 0 aromatic rings. The molecule has 0 bridgehead atoms. The maximum Gasteiger partial charge on any atom is 0.410 e. The SMILES string of the molecule is CC(C)[C@@H]1CN[C@@H](C)CN1C(=O)OC(C)(C)C. The highest BCUT2D eigenvalue weighted by molar-refractivity contribution is 5.68. The summed E-state index contributed by atoms with van der Waals surface area (Å²) in [6.07, 6.45) is -0.190. The molecule has 1 heterocycles. The van der Waals surface area contributed by atoms with Gasteiger partial charge in [-0.2, -0.15) is 0 Å². The zero-order chi connectivity index (χ0) is 13.2. The first-order valence-electron chi connectivity index (χ1n) is 6.43. The van der Waals surface area contributed by atoms with Crippen LogP contribution in [0, 0.1) is 5.92 Å². The van der Waals surface area contributed by atoms with Crippen LogP contribution in [0.2, 0.25) is 0 Å². The van der Waals surface area contributed by atoms with Crippen LogP contribution in [0.5, 0.6) is 0 Å². The highest BCUT2D eigenvalue weighted by atomic mass is 16.6. The lowest BCUT2D eigenvalue weighted by Gasteiger charge is -2.41. The van der Waals surface area contributed by atoms with E-state index in [4.69, 9.17) is 4.74 Å². The molecule has 4 nitrogen and oxygen atoms in total. The minimum absolute atomic E-state index is 0.190. The van der Waals surface area contributed by atoms with E-state index >= 15 is 0 Å². The molecule has 0 spiro atoms. The normalized spacial score (nSPS) is 26.2. The number of rotatable bonds is 1. The van der Waals surface area contributed by atoms with Gasteiger partial charge in [0.25, 0.3) is 0 Å². The molecular weight excluding hydrogens is 216 g/mol. The largest absolute Gasteiger partial charge is 0.444 e. The van der Waals surface area contributed by atoms with Gasteiger partial charge in [0.1, 0.15) is 5.60 Å². The van der Waals surface area contributed by atoms with Crippen LogP contribution in [0.25, 0.3) is 0 Å². The molecule has 0 aromatic heterocycles. The van der Waals surface area contributed by atoms with Crippen molar-refractivity contribution in [2.45, 2.75) is 59.2 Å². The van der Waals surface area contributed by atoms with Gasteiger partial charge in [0.2, 0.25) is 0 Å². The maximum absolute atomic E-state index is 12.2. The predicted octanol–water partition coefficient (Wildman–Crippen LogP) is 2.24. The van der Waals surface area contributed by atoms with Crippen molar-refractivity contribution < 1.29 is 9.53 Å². The number of nitrogens with zero attached hydrogens (tertiary/aromatic N) is 1. The summed E-state index contributed by atoms with van der Waals surface area (Å²) in [7, 11) is 0. The van der Waals surface area contributed by atoms with Gasteiger partial charge >= 0.3 is 6.09 Å². The molecule has 1 N–H and O–H groups in total. The summed E-state index contributed by atoms with van der Waals surface area (Å²) in [6.45, 7) is 13.6. The average molecular weight is 242 g/mol. The summed E-state index contributed by atoms with van der Waals surface area (Å²) in [5.41, 5.74) is -0.424. The van der Waals surface area contributed by atoms with E-state index in [-0.39, 0.29) is 12.1 Å². The molecule has 1 aliphatic rings. The van der Waals surface area contributed by atoms with Gasteiger partial charge in [0.05, 0.1) is 0 Å². The Labute approximate surface area is 105 Å². The van der Waals surface area contributed by atoms with E-state index in [2.05, 4.69) is 26.1 Å². The van der Waals surface area contributed by atoms with Crippen LogP contribution in [0.4, 0.5) is 4.79 Å². The summed E-state index contributed by atoms with van der Waals surface area (Å²) in [4.78, 5) is 14.0. The second-order valence-electron chi connectivity index (χ2n) is 6.25. The molecule has 2 atom stereocenters. The number of amides is 1. The Kier molecular flexibility index (Phi) is 4.42. The van der Waals surface area contributed by atoms with E-state index in [0.717, 1.165) is 13.1 Å². The summed E-state index contributed by atoms with van der Waals surface area (Å²) in [5.74, 6) is 0.433. The topological polar surface area (TPSA) is 41.6 Å². The molecule has 0 radical (unpaired) electrons. The Morgan fingerprint density at radius 1 is 1.41 bits per heavy atom. The minimum Gasteiger partial charge on any atom is -0.444 e. The minimum atomic E-state index is -0.424. The number of piperazine rings is 1. The van der Waals surface area contributed by atoms with Crippen molar-refractivity contribution in [3.05, 3.63) is 0 Å². The van der Waals surface area contributed by atoms with Gasteiger partial charge in [-0.3, -0.25) is 0 Å². The van der Waals surface area contributed by atoms with E-state index in [9.17, 15) is 4.79 Å². The molecule has 1 amide bonds. The first-order valence-corrected chi connectivity index (χ1v) is 6.43. The lowest BCUT2D eigenvalue weighted by atomic mass is 9.99. The molecule has 0 saturated carbocycles. The second-order valence-corrected chi connectivity index (χ2v) is 6.25. The molecule has 1 fully saturated rings. The molecule has 0 aromatic carbocycles. The van der Waals surface area contributed by atoms with Gasteiger partial charge in [0, 0.05) is 25.2 Å². The quantitative estimate of drug-likeness (QED) is 0.766. The summed E-state index contributed by atoms with van der Waals surface area (Å²) in [6, 6.07) is 0.554. The van der Waals surface area contributed by atoms with Crippen LogP contribution in [0.1, 0.15) is 41.5 Å². The molecule has 100 valence electrons. The summed E-state index contributed by atoms with van der Waals surface area (Å²) in [5, 5.41) is 3.41. The van der Waals surface area contributed by atoms with Crippen LogP contribution in [-0.2, 0) is 4.74 Å². The Morgan fingerprint density at radius 3 is 2.47 bits per heavy atom. The van der Waals surface area contributed by atoms with Gasteiger partial charge in [-0.25, -0.2) is 4.79 Å². The number of ether oxygens (including phenoxy) is 1. The van der Waals surface area contributed by atoms with Gasteiger partial charge in [-0.1, -0.05) is 13.8 Å². The monoisotopic (exact) mass is 242 g/mol. The third-order valence-electron chi connectivity index (χ3n) is 2.94. The first kappa shape index (κ1) is 14.3. The zero-order valence-corrected chi connectivity index (χ0v) is 11.9. The number of carbonyl (C=O) groups excluding carboxylic acids is 1. The van der Waals surface area contributed by atoms with Crippen LogP contribution < -0.4 is 5.32 Å². The maximum atomic E-state index is 12.2. The Morgan fingerprint density at radius 2 is 2.00 bits per heavy atom. The Bertz CT molecular complexity index is 271. The van der Waals surface area contributed by atoms with Gasteiger partial charge in [-0.15, -0.1) is 0 Å². The number of carbonyl (C=O) groups is 1. The third kappa shape index (κ3) is 4.19. The highest BCUT2D eigenvalue weighted by Crippen LogP contribution is 2.19. The molecule has 1 saturated heterocycles. The second kappa shape index (κ2) is 5.25. The Hall–Kier alpha value is -0.770. The third-order valence-corrected chi connectivity index (χ3v) is 2.94. The number of hydrogen-bond acceptors (Lipinski definition) is 3. The molecular formula is C13H26N2O2. The van der Waals surface area contributed by atoms with Crippen LogP contribution in [-0.4, -0.2) is 41.8 Å². The van der Waals surface area contributed by atoms with Crippen LogP contribution in [0.3, 0.4) is 0 Å². The number of hydrogen-bond donors (Lipinski definition) is 1. The van der Waals surface area contributed by atoms with Gasteiger partial charge in [0.15, 0.2) is 0 Å². The van der Waals surface area contributed by atoms with E-state index in [1.807, 2.05) is 25.7 Å². The lowest BCUT2D eigenvalue weighted by molar-refractivity contribution is 0.00215. The average Bonchev–Trinajstić information content (AvgIpc) is 2.14. The first-order chi connectivity index (χ1) is 7.70. The number of nitrogens with one attached hydrogen (secondary N) is 1. The van der Waals surface area contributed by atoms with E-state index < -0.39 is 5.60 Å². The zero-order valence-electron chi connectivity index (χ0n) is 11.9. The molecule has 0 unspecified atom stereocenters. The summed E-state index contributed by atoms with van der Waals surface area (Å²) >= 11 is 0. The lowest BCUT2D eigenvalue weighted by Crippen LogP contribution is -2.59. The van der Waals surface area contributed by atoms with Crippen LogP contribution in [0.15, 0.2) is 0 Å². The van der Waals surface area contributed by atoms with Crippen molar-refractivity contribution in [2.75, 3.05) is 13.1 Å². The van der Waals surface area contributed by atoms with Crippen molar-refractivity contribution in [2.24, 2.45) is 5.92 Å². The predicted molar refractivity (Wildman–Crippen MR) is 69.0 cm³/mol. The van der Waals surface area contributed by atoms with Crippen molar-refractivity contribution in [3.8, 4) is 0 Å². The van der Waals surface area contributed by atoms with Crippen molar-refractivity contribution in [3.63, 3.8) is 0 Å². The fraction of sp³-hybridized carbons (Fsp3) is 0.923. The molecule has 0 aliphatic carbocycles. The summed E-state index contributed by atoms with van der Waals surface area (Å²) < 4.78 is 5.47. The molecule has 1 rings (SSSR count). The highest BCUT2D eigenvalue weighted by Gasteiger charge is 2.34. The van der Waals surface area contributed by atoms with Gasteiger partial charge < -0.3 is 15.0 Å². The van der Waals surface area contributed by atoms with Crippen molar-refractivity contribution in [1.82, 2.24) is 10.2 Å². The van der Waals surface area contributed by atoms with E-state index in [1.165, 1.54) is 0 Å². The standard InChI is InChI=1S/C13H26N2O2/c1-9(2)11-7-14-10(3)8-15(11)12(16)17-13(4,5)6/h9-11,14H,7-8H2,1-6H3/t10-,11-/m0/s1. The molecule has 17 heavy (non-hydrogen) atoms. The van der Waals surface area contributed by atoms with Gasteiger partial charge in [-0.05, 0) is 33.6 Å². The van der Waals surface area contributed by atoms with E-state index in [1.54, 1.807) is 0 Å². The Balaban J connectivity index is 2.72. The van der Waals surface area contributed by atoms with Crippen molar-refractivity contribution >= 4 is 6.09 Å². The molecule has 4 heteroatoms. The van der Waals surface area contributed by atoms with Crippen molar-refractivity contribution in [1.29, 1.82) is 0 Å². The van der Waals surface area contributed by atoms with Crippen LogP contribution >= 0.6 is 0 Å². The molecule has 1 aliphatic heterocycles.